The number of benzene rings is 1. The van der Waals surface area contributed by atoms with E-state index >= 15 is 0 Å². The maximum absolute atomic E-state index is 10.9. The van der Waals surface area contributed by atoms with Crippen LogP contribution in [0.3, 0.4) is 0 Å². The zero-order chi connectivity index (χ0) is 13.5. The van der Waals surface area contributed by atoms with E-state index < -0.39 is 12.0 Å². The van der Waals surface area contributed by atoms with Gasteiger partial charge < -0.3 is 10.4 Å². The first kappa shape index (κ1) is 14.9. The van der Waals surface area contributed by atoms with Gasteiger partial charge in [0.1, 0.15) is 6.04 Å². The quantitative estimate of drug-likeness (QED) is 0.841. The molecule has 0 aliphatic heterocycles. The van der Waals surface area contributed by atoms with Crippen LogP contribution >= 0.6 is 23.4 Å². The van der Waals surface area contributed by atoms with Gasteiger partial charge in [-0.3, -0.25) is 4.79 Å². The van der Waals surface area contributed by atoms with Crippen molar-refractivity contribution in [1.82, 2.24) is 5.32 Å². The summed E-state index contributed by atoms with van der Waals surface area (Å²) in [6, 6.07) is 6.52. The molecule has 0 saturated carbocycles. The second kappa shape index (κ2) is 7.28. The number of carbonyl (C=O) groups is 2. The van der Waals surface area contributed by atoms with E-state index in [0.717, 1.165) is 5.56 Å². The maximum Gasteiger partial charge on any atom is 0.327 e. The first-order chi connectivity index (χ1) is 8.49. The van der Waals surface area contributed by atoms with E-state index in [1.807, 2.05) is 12.1 Å². The molecule has 1 rings (SSSR count). The Morgan fingerprint density at radius 1 is 1.39 bits per heavy atom. The van der Waals surface area contributed by atoms with E-state index in [1.165, 1.54) is 18.7 Å². The number of hydrogen-bond donors (Lipinski definition) is 2. The number of hydrogen-bond acceptors (Lipinski definition) is 3. The highest BCUT2D eigenvalue weighted by atomic mass is 35.5. The minimum Gasteiger partial charge on any atom is -0.480 e. The number of rotatable bonds is 6. The van der Waals surface area contributed by atoms with Crippen molar-refractivity contribution in [2.24, 2.45) is 0 Å². The molecule has 1 atom stereocenters. The second-order valence-corrected chi connectivity index (χ2v) is 5.20. The SMILES string of the molecule is CC(=O)N[C@@H](CSCc1ccc(Cl)cc1)C(=O)O. The Morgan fingerprint density at radius 3 is 2.50 bits per heavy atom. The molecule has 2 N–H and O–H groups in total. The van der Waals surface area contributed by atoms with Gasteiger partial charge >= 0.3 is 5.97 Å². The lowest BCUT2D eigenvalue weighted by atomic mass is 10.2. The molecule has 0 aliphatic carbocycles. The number of carbonyl (C=O) groups excluding carboxylic acids is 1. The molecular formula is C12H14ClNO3S. The minimum atomic E-state index is -1.02. The summed E-state index contributed by atoms with van der Waals surface area (Å²) in [4.78, 5) is 21.7. The molecule has 0 radical (unpaired) electrons. The lowest BCUT2D eigenvalue weighted by Gasteiger charge is -2.12. The van der Waals surface area contributed by atoms with E-state index in [0.29, 0.717) is 16.5 Å². The molecule has 6 heteroatoms. The molecule has 0 fully saturated rings. The van der Waals surface area contributed by atoms with Gasteiger partial charge in [0.25, 0.3) is 0 Å². The molecular weight excluding hydrogens is 274 g/mol. The largest absolute Gasteiger partial charge is 0.480 e. The molecule has 1 aromatic carbocycles. The van der Waals surface area contributed by atoms with E-state index in [-0.39, 0.29) is 5.91 Å². The molecule has 0 saturated heterocycles. The van der Waals surface area contributed by atoms with Crippen LogP contribution in [0.1, 0.15) is 12.5 Å². The topological polar surface area (TPSA) is 66.4 Å². The summed E-state index contributed by atoms with van der Waals surface area (Å²) in [7, 11) is 0. The highest BCUT2D eigenvalue weighted by Gasteiger charge is 2.17. The summed E-state index contributed by atoms with van der Waals surface area (Å²) in [6.45, 7) is 1.31. The van der Waals surface area contributed by atoms with Gasteiger partial charge in [0.15, 0.2) is 0 Å². The molecule has 18 heavy (non-hydrogen) atoms. The van der Waals surface area contributed by atoms with Crippen molar-refractivity contribution in [1.29, 1.82) is 0 Å². The van der Waals surface area contributed by atoms with E-state index in [4.69, 9.17) is 16.7 Å². The van der Waals surface area contributed by atoms with Crippen molar-refractivity contribution in [2.75, 3.05) is 5.75 Å². The molecule has 1 aromatic rings. The molecule has 0 heterocycles. The predicted octanol–water partition coefficient (Wildman–Crippen LogP) is 2.16. The zero-order valence-electron chi connectivity index (χ0n) is 9.85. The van der Waals surface area contributed by atoms with Crippen molar-refractivity contribution >= 4 is 35.2 Å². The Morgan fingerprint density at radius 2 is 2.00 bits per heavy atom. The summed E-state index contributed by atoms with van der Waals surface area (Å²) in [5.41, 5.74) is 1.07. The minimum absolute atomic E-state index is 0.331. The molecule has 1 amide bonds. The Hall–Kier alpha value is -1.20. The fourth-order valence-electron chi connectivity index (χ4n) is 1.30. The van der Waals surface area contributed by atoms with E-state index in [1.54, 1.807) is 12.1 Å². The Bertz CT molecular complexity index is 422. The molecule has 0 bridgehead atoms. The third-order valence-corrected chi connectivity index (χ3v) is 3.50. The smallest absolute Gasteiger partial charge is 0.327 e. The first-order valence-corrected chi connectivity index (χ1v) is 6.84. The van der Waals surface area contributed by atoms with E-state index in [9.17, 15) is 9.59 Å². The van der Waals surface area contributed by atoms with Gasteiger partial charge in [-0.05, 0) is 17.7 Å². The van der Waals surface area contributed by atoms with Crippen molar-refractivity contribution in [3.05, 3.63) is 34.9 Å². The number of carboxylic acids is 1. The number of thioether (sulfide) groups is 1. The molecule has 0 aromatic heterocycles. The number of halogens is 1. The summed E-state index contributed by atoms with van der Waals surface area (Å²) in [5.74, 6) is -0.346. The average molecular weight is 288 g/mol. The summed E-state index contributed by atoms with van der Waals surface area (Å²) >= 11 is 7.21. The normalized spacial score (nSPS) is 11.9. The molecule has 4 nitrogen and oxygen atoms in total. The molecule has 98 valence electrons. The Balaban J connectivity index is 2.41. The van der Waals surface area contributed by atoms with Gasteiger partial charge in [-0.2, -0.15) is 11.8 Å². The van der Waals surface area contributed by atoms with Crippen LogP contribution in [0.4, 0.5) is 0 Å². The maximum atomic E-state index is 10.9. The van der Waals surface area contributed by atoms with Crippen molar-refractivity contribution in [2.45, 2.75) is 18.7 Å². The fourth-order valence-corrected chi connectivity index (χ4v) is 2.43. The number of amides is 1. The summed E-state index contributed by atoms with van der Waals surface area (Å²) in [6.07, 6.45) is 0. The Kier molecular flexibility index (Phi) is 6.01. The summed E-state index contributed by atoms with van der Waals surface area (Å²) < 4.78 is 0. The third-order valence-electron chi connectivity index (χ3n) is 2.14. The molecule has 0 unspecified atom stereocenters. The van der Waals surface area contributed by atoms with Gasteiger partial charge in [0, 0.05) is 23.5 Å². The highest BCUT2D eigenvalue weighted by molar-refractivity contribution is 7.98. The number of carboxylic acid groups (broad SMARTS) is 1. The van der Waals surface area contributed by atoms with Gasteiger partial charge in [-0.25, -0.2) is 4.79 Å². The lowest BCUT2D eigenvalue weighted by Crippen LogP contribution is -2.41. The summed E-state index contributed by atoms with van der Waals surface area (Å²) in [5, 5.41) is 12.0. The average Bonchev–Trinajstić information content (AvgIpc) is 2.29. The number of nitrogens with one attached hydrogen (secondary N) is 1. The highest BCUT2D eigenvalue weighted by Crippen LogP contribution is 2.16. The second-order valence-electron chi connectivity index (χ2n) is 3.73. The van der Waals surface area contributed by atoms with Gasteiger partial charge in [-0.15, -0.1) is 0 Å². The Labute approximate surface area is 115 Å². The van der Waals surface area contributed by atoms with Crippen LogP contribution in [0.25, 0.3) is 0 Å². The molecule has 0 aliphatic rings. The van der Waals surface area contributed by atoms with Crippen LogP contribution in [-0.2, 0) is 15.3 Å². The van der Waals surface area contributed by atoms with Crippen LogP contribution in [0.2, 0.25) is 5.02 Å². The van der Waals surface area contributed by atoms with E-state index in [2.05, 4.69) is 5.32 Å². The molecule has 0 spiro atoms. The van der Waals surface area contributed by atoms with Gasteiger partial charge in [0.2, 0.25) is 5.91 Å². The zero-order valence-corrected chi connectivity index (χ0v) is 11.4. The lowest BCUT2D eigenvalue weighted by molar-refractivity contribution is -0.140. The van der Waals surface area contributed by atoms with Gasteiger partial charge in [-0.1, -0.05) is 23.7 Å². The number of aliphatic carboxylic acids is 1. The third kappa shape index (κ3) is 5.42. The van der Waals surface area contributed by atoms with Crippen molar-refractivity contribution < 1.29 is 14.7 Å². The van der Waals surface area contributed by atoms with Crippen molar-refractivity contribution in [3.8, 4) is 0 Å². The van der Waals surface area contributed by atoms with Gasteiger partial charge in [0.05, 0.1) is 0 Å². The van der Waals surface area contributed by atoms with Crippen LogP contribution < -0.4 is 5.32 Å². The fraction of sp³-hybridized carbons (Fsp3) is 0.333. The monoisotopic (exact) mass is 287 g/mol. The standard InChI is InChI=1S/C12H14ClNO3S/c1-8(15)14-11(12(16)17)7-18-6-9-2-4-10(13)5-3-9/h2-5,11H,6-7H2,1H3,(H,14,15)(H,16,17)/t11-/m0/s1. The van der Waals surface area contributed by atoms with Crippen LogP contribution in [0, 0.1) is 0 Å². The predicted molar refractivity (Wildman–Crippen MR) is 72.9 cm³/mol. The van der Waals surface area contributed by atoms with Crippen molar-refractivity contribution in [3.63, 3.8) is 0 Å². The van der Waals surface area contributed by atoms with Crippen LogP contribution in [0.15, 0.2) is 24.3 Å². The van der Waals surface area contributed by atoms with Crippen LogP contribution in [-0.4, -0.2) is 28.8 Å². The van der Waals surface area contributed by atoms with Crippen LogP contribution in [0.5, 0.6) is 0 Å². The first-order valence-electron chi connectivity index (χ1n) is 5.31.